The summed E-state index contributed by atoms with van der Waals surface area (Å²) >= 11 is 1.25. The summed E-state index contributed by atoms with van der Waals surface area (Å²) in [7, 11) is 0. The first-order chi connectivity index (χ1) is 24.9. The summed E-state index contributed by atoms with van der Waals surface area (Å²) in [4.78, 5) is 70.1. The Morgan fingerprint density at radius 2 is 1.60 bits per heavy atom. The van der Waals surface area contributed by atoms with Crippen LogP contribution in [0.1, 0.15) is 94.7 Å². The van der Waals surface area contributed by atoms with Gasteiger partial charge in [0.15, 0.2) is 5.69 Å². The summed E-state index contributed by atoms with van der Waals surface area (Å²) in [6.45, 7) is 10.6. The Labute approximate surface area is 304 Å². The molecule has 3 atom stereocenters. The standard InChI is InChI=1S/C37H40N8O6S/c1-19(2)28-35-42-30(22(6)50-35)33(48)38-21(5)16-45(17-27(46)40-29(20(3)4)36-39-26(18-52-36)32(47)41-28)37(49)25-15-11-10-14-24(25)34-43-31(44-51-34)23-12-8-7-9-13-23/h7-15,18-21,28-29H,16-17H2,1-6H3,(H,38,48)(H,40,46)(H,41,47)/t21-,28-,29+/m1/s1. The molecule has 15 heteroatoms. The third-order valence-corrected chi connectivity index (χ3v) is 9.52. The topological polar surface area (TPSA) is 185 Å². The summed E-state index contributed by atoms with van der Waals surface area (Å²) in [6.07, 6.45) is 0. The second kappa shape index (κ2) is 15.3. The van der Waals surface area contributed by atoms with Crippen LogP contribution in [0.2, 0.25) is 0 Å². The average molecular weight is 725 g/mol. The fourth-order valence-electron chi connectivity index (χ4n) is 5.88. The highest BCUT2D eigenvalue weighted by Crippen LogP contribution is 2.29. The Morgan fingerprint density at radius 3 is 2.33 bits per heavy atom. The number of nitrogens with zero attached hydrogens (tertiary/aromatic N) is 5. The van der Waals surface area contributed by atoms with Gasteiger partial charge in [-0.2, -0.15) is 4.98 Å². The Bertz CT molecular complexity index is 2090. The van der Waals surface area contributed by atoms with Crippen molar-refractivity contribution >= 4 is 35.0 Å². The molecule has 4 heterocycles. The van der Waals surface area contributed by atoms with Gasteiger partial charge in [0, 0.05) is 23.5 Å². The predicted octanol–water partition coefficient (Wildman–Crippen LogP) is 5.37. The molecule has 5 aromatic rings. The van der Waals surface area contributed by atoms with Gasteiger partial charge < -0.3 is 29.8 Å². The first-order valence-corrected chi connectivity index (χ1v) is 17.9. The van der Waals surface area contributed by atoms with Crippen LogP contribution in [0.5, 0.6) is 0 Å². The maximum Gasteiger partial charge on any atom is 0.273 e. The second-order valence-corrected chi connectivity index (χ2v) is 14.3. The molecule has 14 nitrogen and oxygen atoms in total. The van der Waals surface area contributed by atoms with Crippen LogP contribution in [-0.2, 0) is 4.79 Å². The van der Waals surface area contributed by atoms with E-state index in [4.69, 9.17) is 8.94 Å². The molecule has 0 aliphatic carbocycles. The molecule has 0 fully saturated rings. The molecular formula is C37H40N8O6S. The molecule has 0 spiro atoms. The van der Waals surface area contributed by atoms with Gasteiger partial charge in [0.25, 0.3) is 23.6 Å². The number of aryl methyl sites for hydroxylation is 1. The molecule has 52 heavy (non-hydrogen) atoms. The van der Waals surface area contributed by atoms with Crippen molar-refractivity contribution in [1.82, 2.24) is 41.0 Å². The van der Waals surface area contributed by atoms with Crippen molar-refractivity contribution in [3.8, 4) is 22.8 Å². The van der Waals surface area contributed by atoms with Gasteiger partial charge in [-0.25, -0.2) is 9.97 Å². The van der Waals surface area contributed by atoms with Gasteiger partial charge in [0.1, 0.15) is 22.5 Å². The van der Waals surface area contributed by atoms with Crippen LogP contribution in [-0.4, -0.2) is 67.8 Å². The van der Waals surface area contributed by atoms with E-state index < -0.39 is 41.8 Å². The van der Waals surface area contributed by atoms with Crippen LogP contribution in [0.15, 0.2) is 68.9 Å². The number of carbonyl (C=O) groups is 4. The third kappa shape index (κ3) is 7.78. The predicted molar refractivity (Wildman–Crippen MR) is 192 cm³/mol. The normalized spacial score (nSPS) is 18.8. The van der Waals surface area contributed by atoms with E-state index in [-0.39, 0.29) is 59.4 Å². The molecule has 0 unspecified atom stereocenters. The maximum atomic E-state index is 14.4. The van der Waals surface area contributed by atoms with Crippen molar-refractivity contribution < 1.29 is 28.1 Å². The Hall–Kier alpha value is -5.70. The monoisotopic (exact) mass is 724 g/mol. The largest absolute Gasteiger partial charge is 0.443 e. The minimum absolute atomic E-state index is 0.0341. The average Bonchev–Trinajstić information content (AvgIpc) is 3.89. The molecule has 4 bridgehead atoms. The number of thiazole rings is 1. The van der Waals surface area contributed by atoms with E-state index in [9.17, 15) is 19.2 Å². The fraction of sp³-hybridized carbons (Fsp3) is 0.351. The second-order valence-electron chi connectivity index (χ2n) is 13.4. The van der Waals surface area contributed by atoms with E-state index in [2.05, 4.69) is 36.1 Å². The highest BCUT2D eigenvalue weighted by Gasteiger charge is 2.32. The van der Waals surface area contributed by atoms with Gasteiger partial charge >= 0.3 is 0 Å². The fourth-order valence-corrected chi connectivity index (χ4v) is 6.90. The van der Waals surface area contributed by atoms with Crippen molar-refractivity contribution in [1.29, 1.82) is 0 Å². The van der Waals surface area contributed by atoms with Crippen molar-refractivity contribution in [3.05, 3.63) is 93.6 Å². The Morgan fingerprint density at radius 1 is 0.885 bits per heavy atom. The van der Waals surface area contributed by atoms with Gasteiger partial charge in [-0.15, -0.1) is 11.3 Å². The third-order valence-electron chi connectivity index (χ3n) is 8.59. The number of hydrogen-bond acceptors (Lipinski definition) is 11. The lowest BCUT2D eigenvalue weighted by Crippen LogP contribution is -2.48. The zero-order valence-electron chi connectivity index (χ0n) is 29.7. The number of carbonyl (C=O) groups excluding carboxylic acids is 4. The van der Waals surface area contributed by atoms with Crippen molar-refractivity contribution in [2.45, 2.75) is 59.7 Å². The van der Waals surface area contributed by atoms with Gasteiger partial charge in [-0.3, -0.25) is 19.2 Å². The lowest BCUT2D eigenvalue weighted by Gasteiger charge is -2.28. The van der Waals surface area contributed by atoms with Crippen LogP contribution >= 0.6 is 11.3 Å². The molecule has 270 valence electrons. The first-order valence-electron chi connectivity index (χ1n) is 17.0. The summed E-state index contributed by atoms with van der Waals surface area (Å²) in [6, 6.07) is 14.3. The van der Waals surface area contributed by atoms with Crippen LogP contribution in [0.3, 0.4) is 0 Å². The minimum Gasteiger partial charge on any atom is -0.443 e. The minimum atomic E-state index is -0.648. The van der Waals surface area contributed by atoms with E-state index in [1.54, 1.807) is 43.5 Å². The van der Waals surface area contributed by atoms with Crippen LogP contribution in [0.25, 0.3) is 22.8 Å². The Balaban J connectivity index is 1.36. The van der Waals surface area contributed by atoms with Crippen LogP contribution < -0.4 is 16.0 Å². The van der Waals surface area contributed by atoms with Gasteiger partial charge in [-0.05, 0) is 37.8 Å². The van der Waals surface area contributed by atoms with Gasteiger partial charge in [0.05, 0.1) is 23.7 Å². The van der Waals surface area contributed by atoms with E-state index >= 15 is 0 Å². The van der Waals surface area contributed by atoms with Crippen LogP contribution in [0.4, 0.5) is 0 Å². The summed E-state index contributed by atoms with van der Waals surface area (Å²) in [5.41, 5.74) is 1.58. The molecule has 0 radical (unpaired) electrons. The van der Waals surface area contributed by atoms with Crippen LogP contribution in [0, 0.1) is 18.8 Å². The lowest BCUT2D eigenvalue weighted by atomic mass is 10.0. The number of nitrogens with one attached hydrogen (secondary N) is 3. The SMILES string of the molecule is Cc1oc2nc1C(=O)N[C@H](C)CN(C(=O)c1ccccc1-c1nc(-c3ccccc3)no1)CC(=O)N[C@@H](C(C)C)c1nc(cs1)C(=O)N[C@@H]2C(C)C. The number of aromatic nitrogens is 4. The zero-order chi connectivity index (χ0) is 37.1. The summed E-state index contributed by atoms with van der Waals surface area (Å²) in [5, 5.41) is 15.2. The molecule has 0 saturated carbocycles. The number of amides is 4. The molecule has 4 amide bonds. The number of hydrogen-bond donors (Lipinski definition) is 3. The molecule has 3 N–H and O–H groups in total. The molecular weight excluding hydrogens is 685 g/mol. The quantitative estimate of drug-likeness (QED) is 0.213. The van der Waals surface area contributed by atoms with Gasteiger partial charge in [0.2, 0.25) is 17.6 Å². The Kier molecular flexibility index (Phi) is 10.6. The molecule has 1 aliphatic heterocycles. The molecule has 2 aromatic carbocycles. The van der Waals surface area contributed by atoms with Crippen molar-refractivity contribution in [2.24, 2.45) is 11.8 Å². The highest BCUT2D eigenvalue weighted by atomic mass is 32.1. The zero-order valence-corrected chi connectivity index (χ0v) is 30.5. The van der Waals surface area contributed by atoms with Gasteiger partial charge in [-0.1, -0.05) is 75.3 Å². The van der Waals surface area contributed by atoms with E-state index in [1.807, 2.05) is 58.0 Å². The smallest absolute Gasteiger partial charge is 0.273 e. The van der Waals surface area contributed by atoms with Crippen molar-refractivity contribution in [2.75, 3.05) is 13.1 Å². The highest BCUT2D eigenvalue weighted by molar-refractivity contribution is 7.09. The first kappa shape index (κ1) is 36.1. The summed E-state index contributed by atoms with van der Waals surface area (Å²) in [5.74, 6) is -1.21. The molecule has 1 aliphatic rings. The molecule has 6 rings (SSSR count). The van der Waals surface area contributed by atoms with E-state index in [0.29, 0.717) is 16.4 Å². The van der Waals surface area contributed by atoms with E-state index in [0.717, 1.165) is 5.56 Å². The molecule has 0 saturated heterocycles. The van der Waals surface area contributed by atoms with Crippen molar-refractivity contribution in [3.63, 3.8) is 0 Å². The number of rotatable bonds is 5. The number of oxazole rings is 1. The molecule has 3 aromatic heterocycles. The lowest BCUT2D eigenvalue weighted by molar-refractivity contribution is -0.122. The maximum absolute atomic E-state index is 14.4. The number of benzene rings is 2. The summed E-state index contributed by atoms with van der Waals surface area (Å²) < 4.78 is 11.5. The number of fused-ring (bicyclic) bond motifs is 4. The van der Waals surface area contributed by atoms with E-state index in [1.165, 1.54) is 16.2 Å².